The lowest BCUT2D eigenvalue weighted by Gasteiger charge is -1.90. The molecule has 0 radical (unpaired) electrons. The third-order valence-electron chi connectivity index (χ3n) is 1.89. The smallest absolute Gasteiger partial charge is 0.303 e. The van der Waals surface area contributed by atoms with Crippen LogP contribution in [0.3, 0.4) is 0 Å². The summed E-state index contributed by atoms with van der Waals surface area (Å²) in [6.45, 7) is 0. The van der Waals surface area contributed by atoms with Crippen LogP contribution >= 0.6 is 0 Å². The van der Waals surface area contributed by atoms with Gasteiger partial charge >= 0.3 is 11.9 Å². The Bertz CT molecular complexity index is 266. The molecule has 0 aliphatic rings. The maximum atomic E-state index is 10.2. The highest BCUT2D eigenvalue weighted by molar-refractivity contribution is 5.67. The quantitative estimate of drug-likeness (QED) is 0.468. The summed E-state index contributed by atoms with van der Waals surface area (Å²) in [6, 6.07) is 0. The highest BCUT2D eigenvalue weighted by Crippen LogP contribution is 1.98. The first-order chi connectivity index (χ1) is 7.63. The van der Waals surface area contributed by atoms with E-state index in [0.717, 1.165) is 12.8 Å². The second-order valence-corrected chi connectivity index (χ2v) is 3.40. The molecular formula is C12H18O4. The second kappa shape index (κ2) is 9.96. The molecule has 16 heavy (non-hydrogen) atoms. The van der Waals surface area contributed by atoms with Gasteiger partial charge in [0.05, 0.1) is 0 Å². The standard InChI is InChI=1S/C12H18O4/c13-11(14)9-7-5-3-1-2-4-6-8-10-12(15)16/h1,3-4,6H,2,5,7-10H2,(H,13,14)(H,15,16)/b3-1+,6-4-. The van der Waals surface area contributed by atoms with Crippen LogP contribution in [0.15, 0.2) is 24.3 Å². The zero-order valence-corrected chi connectivity index (χ0v) is 9.26. The van der Waals surface area contributed by atoms with Crippen molar-refractivity contribution in [2.24, 2.45) is 0 Å². The Morgan fingerprint density at radius 1 is 0.812 bits per heavy atom. The summed E-state index contributed by atoms with van der Waals surface area (Å²) in [6.07, 6.45) is 10.8. The van der Waals surface area contributed by atoms with Crippen molar-refractivity contribution in [1.29, 1.82) is 0 Å². The van der Waals surface area contributed by atoms with Crippen LogP contribution in [-0.2, 0) is 9.59 Å². The average molecular weight is 226 g/mol. The molecule has 0 heterocycles. The SMILES string of the molecule is O=C(O)CC/C=C\C/C=C/CCCC(=O)O. The number of hydrogen-bond acceptors (Lipinski definition) is 2. The van der Waals surface area contributed by atoms with Crippen LogP contribution in [0.2, 0.25) is 0 Å². The number of carbonyl (C=O) groups is 2. The van der Waals surface area contributed by atoms with Gasteiger partial charge in [0.1, 0.15) is 0 Å². The number of allylic oxidation sites excluding steroid dienone is 4. The van der Waals surface area contributed by atoms with Crippen molar-refractivity contribution in [1.82, 2.24) is 0 Å². The van der Waals surface area contributed by atoms with E-state index in [0.29, 0.717) is 12.8 Å². The summed E-state index contributed by atoms with van der Waals surface area (Å²) in [5.74, 6) is -1.55. The van der Waals surface area contributed by atoms with Crippen molar-refractivity contribution in [3.05, 3.63) is 24.3 Å². The molecule has 4 nitrogen and oxygen atoms in total. The van der Waals surface area contributed by atoms with Gasteiger partial charge in [0.15, 0.2) is 0 Å². The number of carboxylic acids is 2. The van der Waals surface area contributed by atoms with E-state index in [9.17, 15) is 9.59 Å². The van der Waals surface area contributed by atoms with Gasteiger partial charge in [0, 0.05) is 12.8 Å². The average Bonchev–Trinajstić information content (AvgIpc) is 2.20. The van der Waals surface area contributed by atoms with Crippen LogP contribution in [0.1, 0.15) is 38.5 Å². The fourth-order valence-corrected chi connectivity index (χ4v) is 1.08. The summed E-state index contributed by atoms with van der Waals surface area (Å²) >= 11 is 0. The fourth-order valence-electron chi connectivity index (χ4n) is 1.08. The number of carboxylic acid groups (broad SMARTS) is 2. The van der Waals surface area contributed by atoms with Crippen molar-refractivity contribution in [2.45, 2.75) is 38.5 Å². The van der Waals surface area contributed by atoms with Crippen LogP contribution in [0, 0.1) is 0 Å². The fraction of sp³-hybridized carbons (Fsp3) is 0.500. The van der Waals surface area contributed by atoms with Gasteiger partial charge in [-0.2, -0.15) is 0 Å². The summed E-state index contributed by atoms with van der Waals surface area (Å²) in [7, 11) is 0. The molecule has 0 aromatic rings. The predicted molar refractivity (Wildman–Crippen MR) is 61.3 cm³/mol. The summed E-state index contributed by atoms with van der Waals surface area (Å²) in [5, 5.41) is 16.7. The molecule has 0 saturated heterocycles. The minimum atomic E-state index is -0.783. The summed E-state index contributed by atoms with van der Waals surface area (Å²) < 4.78 is 0. The normalized spacial score (nSPS) is 11.2. The van der Waals surface area contributed by atoms with Crippen molar-refractivity contribution in [3.63, 3.8) is 0 Å². The van der Waals surface area contributed by atoms with E-state index in [1.54, 1.807) is 0 Å². The maximum absolute atomic E-state index is 10.2. The van der Waals surface area contributed by atoms with Gasteiger partial charge in [-0.25, -0.2) is 0 Å². The van der Waals surface area contributed by atoms with Gasteiger partial charge < -0.3 is 10.2 Å². The molecule has 0 saturated carbocycles. The Morgan fingerprint density at radius 2 is 1.38 bits per heavy atom. The van der Waals surface area contributed by atoms with Gasteiger partial charge in [-0.1, -0.05) is 24.3 Å². The first-order valence-electron chi connectivity index (χ1n) is 5.36. The molecule has 4 heteroatoms. The van der Waals surface area contributed by atoms with Crippen LogP contribution in [0.4, 0.5) is 0 Å². The number of unbranched alkanes of at least 4 members (excludes halogenated alkanes) is 1. The van der Waals surface area contributed by atoms with Gasteiger partial charge in [0.25, 0.3) is 0 Å². The molecule has 0 rings (SSSR count). The Morgan fingerprint density at radius 3 is 1.94 bits per heavy atom. The molecule has 0 aliphatic heterocycles. The molecule has 0 atom stereocenters. The largest absolute Gasteiger partial charge is 0.481 e. The van der Waals surface area contributed by atoms with E-state index in [-0.39, 0.29) is 12.8 Å². The first-order valence-corrected chi connectivity index (χ1v) is 5.36. The highest BCUT2D eigenvalue weighted by Gasteiger charge is 1.93. The van der Waals surface area contributed by atoms with Crippen molar-refractivity contribution in [3.8, 4) is 0 Å². The predicted octanol–water partition coefficient (Wildman–Crippen LogP) is 2.61. The van der Waals surface area contributed by atoms with Crippen LogP contribution in [0.25, 0.3) is 0 Å². The van der Waals surface area contributed by atoms with E-state index in [1.165, 1.54) is 0 Å². The van der Waals surface area contributed by atoms with Crippen molar-refractivity contribution >= 4 is 11.9 Å². The number of aliphatic carboxylic acids is 2. The molecule has 0 fully saturated rings. The van der Waals surface area contributed by atoms with Gasteiger partial charge in [-0.05, 0) is 25.7 Å². The van der Waals surface area contributed by atoms with Gasteiger partial charge in [-0.3, -0.25) is 9.59 Å². The van der Waals surface area contributed by atoms with E-state index >= 15 is 0 Å². The lowest BCUT2D eigenvalue weighted by Crippen LogP contribution is -1.92. The third-order valence-corrected chi connectivity index (χ3v) is 1.89. The molecule has 0 amide bonds. The number of rotatable bonds is 9. The van der Waals surface area contributed by atoms with Gasteiger partial charge in [-0.15, -0.1) is 0 Å². The molecule has 0 unspecified atom stereocenters. The molecular weight excluding hydrogens is 208 g/mol. The second-order valence-electron chi connectivity index (χ2n) is 3.40. The van der Waals surface area contributed by atoms with E-state index in [1.807, 2.05) is 24.3 Å². The van der Waals surface area contributed by atoms with E-state index in [4.69, 9.17) is 10.2 Å². The lowest BCUT2D eigenvalue weighted by atomic mass is 10.2. The molecule has 0 aromatic heterocycles. The van der Waals surface area contributed by atoms with Crippen LogP contribution in [0.5, 0.6) is 0 Å². The van der Waals surface area contributed by atoms with E-state index in [2.05, 4.69) is 0 Å². The maximum Gasteiger partial charge on any atom is 0.303 e. The molecule has 0 aromatic carbocycles. The Balaban J connectivity index is 3.33. The Labute approximate surface area is 95.3 Å². The molecule has 90 valence electrons. The Hall–Kier alpha value is -1.58. The topological polar surface area (TPSA) is 74.6 Å². The third kappa shape index (κ3) is 12.4. The zero-order chi connectivity index (χ0) is 12.2. The molecule has 0 aliphatic carbocycles. The highest BCUT2D eigenvalue weighted by atomic mass is 16.4. The number of hydrogen-bond donors (Lipinski definition) is 2. The Kier molecular flexibility index (Phi) is 8.97. The molecule has 0 bridgehead atoms. The van der Waals surface area contributed by atoms with E-state index < -0.39 is 11.9 Å². The first kappa shape index (κ1) is 14.4. The minimum absolute atomic E-state index is 0.166. The summed E-state index contributed by atoms with van der Waals surface area (Å²) in [5.41, 5.74) is 0. The molecule has 2 N–H and O–H groups in total. The van der Waals surface area contributed by atoms with Gasteiger partial charge in [0.2, 0.25) is 0 Å². The van der Waals surface area contributed by atoms with Crippen molar-refractivity contribution < 1.29 is 19.8 Å². The minimum Gasteiger partial charge on any atom is -0.481 e. The van der Waals surface area contributed by atoms with Crippen LogP contribution in [-0.4, -0.2) is 22.2 Å². The van der Waals surface area contributed by atoms with Crippen LogP contribution < -0.4 is 0 Å². The lowest BCUT2D eigenvalue weighted by molar-refractivity contribution is -0.138. The zero-order valence-electron chi connectivity index (χ0n) is 9.26. The molecule has 0 spiro atoms. The van der Waals surface area contributed by atoms with Crippen molar-refractivity contribution in [2.75, 3.05) is 0 Å². The summed E-state index contributed by atoms with van der Waals surface area (Å²) in [4.78, 5) is 20.3. The monoisotopic (exact) mass is 226 g/mol.